The molecule has 1 aromatic rings. The summed E-state index contributed by atoms with van der Waals surface area (Å²) in [5.74, 6) is 2.16. The number of hydrogen-bond acceptors (Lipinski definition) is 3. The Morgan fingerprint density at radius 3 is 3.06 bits per heavy atom. The maximum atomic E-state index is 4.41. The van der Waals surface area contributed by atoms with Gasteiger partial charge >= 0.3 is 0 Å². The number of rotatable bonds is 4. The van der Waals surface area contributed by atoms with E-state index < -0.39 is 0 Å². The topological polar surface area (TPSA) is 33.1 Å². The molecule has 4 nitrogen and oxygen atoms in total. The van der Waals surface area contributed by atoms with Crippen LogP contribution in [0.2, 0.25) is 0 Å². The van der Waals surface area contributed by atoms with Gasteiger partial charge in [-0.15, -0.1) is 0 Å². The second-order valence-corrected chi connectivity index (χ2v) is 5.76. The quantitative estimate of drug-likeness (QED) is 0.864. The zero-order valence-electron chi connectivity index (χ0n) is 11.3. The summed E-state index contributed by atoms with van der Waals surface area (Å²) < 4.78 is 2.13. The van der Waals surface area contributed by atoms with E-state index in [0.717, 1.165) is 24.9 Å². The molecule has 3 rings (SSSR count). The highest BCUT2D eigenvalue weighted by Crippen LogP contribution is 2.33. The molecule has 100 valence electrons. The molecular weight excluding hydrogens is 224 g/mol. The zero-order valence-corrected chi connectivity index (χ0v) is 11.3. The standard InChI is InChI=1S/C14H24N4/c1-17-10-7-16-14(17)5-9-18-8-2-6-15-13(11-18)12-3-4-12/h7,10,12-13,15H,2-6,8-9,11H2,1H3. The summed E-state index contributed by atoms with van der Waals surface area (Å²) in [4.78, 5) is 7.03. The normalized spacial score (nSPS) is 26.2. The molecule has 4 heteroatoms. The lowest BCUT2D eigenvalue weighted by atomic mass is 10.2. The first-order valence-electron chi connectivity index (χ1n) is 7.25. The predicted molar refractivity (Wildman–Crippen MR) is 72.5 cm³/mol. The summed E-state index contributed by atoms with van der Waals surface area (Å²) in [7, 11) is 2.08. The van der Waals surface area contributed by atoms with Gasteiger partial charge in [-0.3, -0.25) is 0 Å². The Morgan fingerprint density at radius 2 is 2.33 bits per heavy atom. The van der Waals surface area contributed by atoms with Crippen LogP contribution in [-0.4, -0.2) is 46.7 Å². The summed E-state index contributed by atoms with van der Waals surface area (Å²) in [6.45, 7) is 4.81. The van der Waals surface area contributed by atoms with Crippen LogP contribution in [0.3, 0.4) is 0 Å². The number of aryl methyl sites for hydroxylation is 1. The van der Waals surface area contributed by atoms with Crippen LogP contribution in [0.15, 0.2) is 12.4 Å². The largest absolute Gasteiger partial charge is 0.338 e. The first kappa shape index (κ1) is 12.2. The van der Waals surface area contributed by atoms with Crippen LogP contribution in [0.5, 0.6) is 0 Å². The Morgan fingerprint density at radius 1 is 1.44 bits per heavy atom. The van der Waals surface area contributed by atoms with Gasteiger partial charge in [-0.2, -0.15) is 0 Å². The zero-order chi connectivity index (χ0) is 12.4. The third-order valence-corrected chi connectivity index (χ3v) is 4.28. The van der Waals surface area contributed by atoms with Crippen LogP contribution in [0.4, 0.5) is 0 Å². The molecule has 1 aliphatic carbocycles. The molecule has 2 heterocycles. The van der Waals surface area contributed by atoms with Gasteiger partial charge in [-0.1, -0.05) is 0 Å². The lowest BCUT2D eigenvalue weighted by Crippen LogP contribution is -2.40. The molecule has 1 aliphatic heterocycles. The van der Waals surface area contributed by atoms with Gasteiger partial charge in [-0.05, 0) is 38.3 Å². The van der Waals surface area contributed by atoms with Crippen molar-refractivity contribution in [1.82, 2.24) is 19.8 Å². The molecular formula is C14H24N4. The summed E-state index contributed by atoms with van der Waals surface area (Å²) in [5, 5.41) is 3.72. The third-order valence-electron chi connectivity index (χ3n) is 4.28. The first-order valence-corrected chi connectivity index (χ1v) is 7.25. The summed E-state index contributed by atoms with van der Waals surface area (Å²) in [6, 6.07) is 0.744. The van der Waals surface area contributed by atoms with Crippen molar-refractivity contribution in [1.29, 1.82) is 0 Å². The fourth-order valence-electron chi connectivity index (χ4n) is 2.94. The molecule has 1 unspecified atom stereocenters. The van der Waals surface area contributed by atoms with Crippen molar-refractivity contribution in [3.05, 3.63) is 18.2 Å². The van der Waals surface area contributed by atoms with Crippen LogP contribution < -0.4 is 5.32 Å². The van der Waals surface area contributed by atoms with Gasteiger partial charge in [0.15, 0.2) is 0 Å². The molecule has 18 heavy (non-hydrogen) atoms. The number of nitrogens with zero attached hydrogens (tertiary/aromatic N) is 3. The lowest BCUT2D eigenvalue weighted by Gasteiger charge is -2.24. The van der Waals surface area contributed by atoms with Gasteiger partial charge < -0.3 is 14.8 Å². The fourth-order valence-corrected chi connectivity index (χ4v) is 2.94. The average Bonchev–Trinajstić information content (AvgIpc) is 3.15. The van der Waals surface area contributed by atoms with Crippen molar-refractivity contribution in [2.24, 2.45) is 13.0 Å². The van der Waals surface area contributed by atoms with Crippen LogP contribution in [0.25, 0.3) is 0 Å². The maximum Gasteiger partial charge on any atom is 0.109 e. The van der Waals surface area contributed by atoms with Crippen molar-refractivity contribution in [2.45, 2.75) is 31.7 Å². The highest BCUT2D eigenvalue weighted by atomic mass is 15.2. The van der Waals surface area contributed by atoms with E-state index in [-0.39, 0.29) is 0 Å². The third kappa shape index (κ3) is 2.93. The number of nitrogens with one attached hydrogen (secondary N) is 1. The van der Waals surface area contributed by atoms with Gasteiger partial charge in [0.1, 0.15) is 5.82 Å². The smallest absolute Gasteiger partial charge is 0.109 e. The second-order valence-electron chi connectivity index (χ2n) is 5.76. The summed E-state index contributed by atoms with van der Waals surface area (Å²) in [6.07, 6.45) is 9.15. The molecule has 1 N–H and O–H groups in total. The Labute approximate surface area is 109 Å². The lowest BCUT2D eigenvalue weighted by molar-refractivity contribution is 0.259. The fraction of sp³-hybridized carbons (Fsp3) is 0.786. The van der Waals surface area contributed by atoms with E-state index in [2.05, 4.69) is 26.8 Å². The minimum Gasteiger partial charge on any atom is -0.338 e. The summed E-state index contributed by atoms with van der Waals surface area (Å²) in [5.41, 5.74) is 0. The molecule has 0 spiro atoms. The van der Waals surface area contributed by atoms with Gasteiger partial charge in [0, 0.05) is 45.0 Å². The molecule has 2 aliphatic rings. The van der Waals surface area contributed by atoms with E-state index in [1.807, 2.05) is 12.4 Å². The Kier molecular flexibility index (Phi) is 3.66. The second kappa shape index (κ2) is 5.41. The Bertz CT molecular complexity index is 383. The molecule has 1 aromatic heterocycles. The molecule has 1 saturated carbocycles. The van der Waals surface area contributed by atoms with Crippen molar-refractivity contribution in [3.8, 4) is 0 Å². The van der Waals surface area contributed by atoms with Crippen molar-refractivity contribution in [2.75, 3.05) is 26.2 Å². The number of imidazole rings is 1. The molecule has 2 fully saturated rings. The van der Waals surface area contributed by atoms with Crippen LogP contribution in [0, 0.1) is 5.92 Å². The van der Waals surface area contributed by atoms with Crippen molar-refractivity contribution < 1.29 is 0 Å². The van der Waals surface area contributed by atoms with E-state index in [1.54, 1.807) is 0 Å². The highest BCUT2D eigenvalue weighted by molar-refractivity contribution is 4.94. The van der Waals surface area contributed by atoms with E-state index in [1.165, 1.54) is 44.7 Å². The van der Waals surface area contributed by atoms with Gasteiger partial charge in [0.2, 0.25) is 0 Å². The maximum absolute atomic E-state index is 4.41. The van der Waals surface area contributed by atoms with E-state index in [9.17, 15) is 0 Å². The average molecular weight is 248 g/mol. The molecule has 0 bridgehead atoms. The van der Waals surface area contributed by atoms with Crippen molar-refractivity contribution in [3.63, 3.8) is 0 Å². The van der Waals surface area contributed by atoms with Gasteiger partial charge in [0.25, 0.3) is 0 Å². The van der Waals surface area contributed by atoms with Gasteiger partial charge in [0.05, 0.1) is 0 Å². The molecule has 0 aromatic carbocycles. The minimum absolute atomic E-state index is 0.744. The number of hydrogen-bond donors (Lipinski definition) is 1. The highest BCUT2D eigenvalue weighted by Gasteiger charge is 2.32. The minimum atomic E-state index is 0.744. The van der Waals surface area contributed by atoms with E-state index >= 15 is 0 Å². The Hall–Kier alpha value is -0.870. The van der Waals surface area contributed by atoms with E-state index in [0.29, 0.717) is 0 Å². The van der Waals surface area contributed by atoms with Crippen LogP contribution in [0.1, 0.15) is 25.1 Å². The number of aromatic nitrogens is 2. The van der Waals surface area contributed by atoms with Crippen LogP contribution in [-0.2, 0) is 13.5 Å². The van der Waals surface area contributed by atoms with Crippen LogP contribution >= 0.6 is 0 Å². The molecule has 1 atom stereocenters. The summed E-state index contributed by atoms with van der Waals surface area (Å²) >= 11 is 0. The SMILES string of the molecule is Cn1ccnc1CCN1CCCNC(C2CC2)C1. The molecule has 1 saturated heterocycles. The molecule has 0 radical (unpaired) electrons. The first-order chi connectivity index (χ1) is 8.83. The monoisotopic (exact) mass is 248 g/mol. The molecule has 0 amide bonds. The Balaban J connectivity index is 1.52. The predicted octanol–water partition coefficient (Wildman–Crippen LogP) is 1.04. The van der Waals surface area contributed by atoms with Gasteiger partial charge in [-0.25, -0.2) is 4.98 Å². The van der Waals surface area contributed by atoms with E-state index in [4.69, 9.17) is 0 Å². The van der Waals surface area contributed by atoms with Crippen molar-refractivity contribution >= 4 is 0 Å².